The van der Waals surface area contributed by atoms with Gasteiger partial charge in [-0.1, -0.05) is 46.3 Å². The number of carbonyl (C=O) groups is 2. The van der Waals surface area contributed by atoms with E-state index in [0.29, 0.717) is 0 Å². The van der Waals surface area contributed by atoms with Crippen molar-refractivity contribution in [1.82, 2.24) is 0 Å². The van der Waals surface area contributed by atoms with Crippen molar-refractivity contribution in [1.29, 1.82) is 0 Å². The van der Waals surface area contributed by atoms with Gasteiger partial charge in [-0.2, -0.15) is 0 Å². The molecule has 0 bridgehead atoms. The lowest BCUT2D eigenvalue weighted by Crippen LogP contribution is -2.43. The molecule has 0 aliphatic carbocycles. The standard InChI is InChI=1S/C20H20BrNO3/c1-13-11-16-5-3-4-6-18(16)22(13)20(24)14(2)25-19(23)12-15-7-9-17(21)10-8-15/h3-10,13-14H,11-12H2,1-2H3/t13-,14+/m0/s1. The molecule has 2 aromatic carbocycles. The van der Waals surface area contributed by atoms with Gasteiger partial charge in [0.05, 0.1) is 6.42 Å². The molecule has 25 heavy (non-hydrogen) atoms. The third-order valence-corrected chi connectivity index (χ3v) is 4.89. The maximum absolute atomic E-state index is 12.8. The summed E-state index contributed by atoms with van der Waals surface area (Å²) < 4.78 is 6.33. The number of fused-ring (bicyclic) bond motifs is 1. The third-order valence-electron chi connectivity index (χ3n) is 4.36. The van der Waals surface area contributed by atoms with Crippen LogP contribution in [0, 0.1) is 0 Å². The van der Waals surface area contributed by atoms with Crippen LogP contribution in [0.2, 0.25) is 0 Å². The number of hydrogen-bond acceptors (Lipinski definition) is 3. The number of anilines is 1. The molecule has 1 amide bonds. The summed E-state index contributed by atoms with van der Waals surface area (Å²) >= 11 is 3.36. The van der Waals surface area contributed by atoms with E-state index >= 15 is 0 Å². The third kappa shape index (κ3) is 3.93. The average molecular weight is 402 g/mol. The quantitative estimate of drug-likeness (QED) is 0.729. The molecule has 5 heteroatoms. The number of benzene rings is 2. The van der Waals surface area contributed by atoms with Crippen LogP contribution >= 0.6 is 15.9 Å². The first kappa shape index (κ1) is 17.7. The number of ether oxygens (including phenoxy) is 1. The van der Waals surface area contributed by atoms with Gasteiger partial charge in [0.2, 0.25) is 0 Å². The van der Waals surface area contributed by atoms with Gasteiger partial charge < -0.3 is 9.64 Å². The smallest absolute Gasteiger partial charge is 0.311 e. The van der Waals surface area contributed by atoms with Crippen LogP contribution in [-0.2, 0) is 27.2 Å². The number of halogens is 1. The molecule has 2 aromatic rings. The van der Waals surface area contributed by atoms with E-state index in [1.54, 1.807) is 11.8 Å². The van der Waals surface area contributed by atoms with Crippen LogP contribution in [0.25, 0.3) is 0 Å². The Labute approximate surface area is 155 Å². The van der Waals surface area contributed by atoms with Crippen molar-refractivity contribution in [2.45, 2.75) is 38.8 Å². The summed E-state index contributed by atoms with van der Waals surface area (Å²) in [6.45, 7) is 3.64. The zero-order valence-corrected chi connectivity index (χ0v) is 15.8. The number of hydrogen-bond donors (Lipinski definition) is 0. The lowest BCUT2D eigenvalue weighted by atomic mass is 10.1. The van der Waals surface area contributed by atoms with Crippen molar-refractivity contribution in [3.63, 3.8) is 0 Å². The second-order valence-corrected chi connectivity index (χ2v) is 7.24. The number of rotatable bonds is 4. The molecular weight excluding hydrogens is 382 g/mol. The van der Waals surface area contributed by atoms with Crippen molar-refractivity contribution in [3.05, 3.63) is 64.1 Å². The van der Waals surface area contributed by atoms with Gasteiger partial charge in [0.15, 0.2) is 6.10 Å². The largest absolute Gasteiger partial charge is 0.452 e. The molecule has 0 saturated carbocycles. The summed E-state index contributed by atoms with van der Waals surface area (Å²) in [5.41, 5.74) is 2.92. The highest BCUT2D eigenvalue weighted by atomic mass is 79.9. The number of esters is 1. The number of nitrogens with zero attached hydrogens (tertiary/aromatic N) is 1. The number of carbonyl (C=O) groups excluding carboxylic acids is 2. The Morgan fingerprint density at radius 3 is 2.60 bits per heavy atom. The number of amides is 1. The molecular formula is C20H20BrNO3. The molecule has 2 atom stereocenters. The highest BCUT2D eigenvalue weighted by Crippen LogP contribution is 2.32. The van der Waals surface area contributed by atoms with Gasteiger partial charge in [-0.15, -0.1) is 0 Å². The summed E-state index contributed by atoms with van der Waals surface area (Å²) in [6.07, 6.45) is 0.162. The minimum absolute atomic E-state index is 0.0672. The van der Waals surface area contributed by atoms with Crippen molar-refractivity contribution >= 4 is 33.5 Å². The lowest BCUT2D eigenvalue weighted by Gasteiger charge is -2.26. The van der Waals surface area contributed by atoms with Gasteiger partial charge in [-0.05, 0) is 49.6 Å². The first-order valence-corrected chi connectivity index (χ1v) is 9.10. The first-order chi connectivity index (χ1) is 12.0. The van der Waals surface area contributed by atoms with Crippen LogP contribution in [0.4, 0.5) is 5.69 Å². The maximum Gasteiger partial charge on any atom is 0.311 e. The van der Waals surface area contributed by atoms with Crippen LogP contribution < -0.4 is 4.90 Å². The zero-order chi connectivity index (χ0) is 18.0. The van der Waals surface area contributed by atoms with Crippen LogP contribution in [0.3, 0.4) is 0 Å². The molecule has 4 nitrogen and oxygen atoms in total. The SMILES string of the molecule is C[C@@H](OC(=O)Cc1ccc(Br)cc1)C(=O)N1c2ccccc2C[C@@H]1C. The van der Waals surface area contributed by atoms with Gasteiger partial charge in [-0.3, -0.25) is 9.59 Å². The second-order valence-electron chi connectivity index (χ2n) is 6.33. The summed E-state index contributed by atoms with van der Waals surface area (Å²) in [5.74, 6) is -0.579. The summed E-state index contributed by atoms with van der Waals surface area (Å²) in [5, 5.41) is 0. The van der Waals surface area contributed by atoms with Crippen molar-refractivity contribution in [2.75, 3.05) is 4.90 Å². The monoisotopic (exact) mass is 401 g/mol. The normalized spacial score (nSPS) is 17.1. The fourth-order valence-corrected chi connectivity index (χ4v) is 3.42. The molecule has 0 unspecified atom stereocenters. The molecule has 0 saturated heterocycles. The summed E-state index contributed by atoms with van der Waals surface area (Å²) in [6, 6.07) is 15.4. The molecule has 1 heterocycles. The Hall–Kier alpha value is -2.14. The van der Waals surface area contributed by atoms with E-state index in [4.69, 9.17) is 4.74 Å². The van der Waals surface area contributed by atoms with E-state index in [2.05, 4.69) is 15.9 Å². The van der Waals surface area contributed by atoms with E-state index < -0.39 is 12.1 Å². The minimum Gasteiger partial charge on any atom is -0.452 e. The molecule has 1 aliphatic heterocycles. The van der Waals surface area contributed by atoms with E-state index in [0.717, 1.165) is 27.7 Å². The Balaban J connectivity index is 1.64. The Kier molecular flexibility index (Phi) is 5.23. The van der Waals surface area contributed by atoms with Gasteiger partial charge in [0, 0.05) is 16.2 Å². The van der Waals surface area contributed by atoms with Crippen LogP contribution in [0.5, 0.6) is 0 Å². The Morgan fingerprint density at radius 2 is 1.88 bits per heavy atom. The molecule has 0 spiro atoms. The van der Waals surface area contributed by atoms with Gasteiger partial charge in [0.25, 0.3) is 5.91 Å². The maximum atomic E-state index is 12.8. The van der Waals surface area contributed by atoms with E-state index in [1.807, 2.05) is 55.5 Å². The summed E-state index contributed by atoms with van der Waals surface area (Å²) in [7, 11) is 0. The Morgan fingerprint density at radius 1 is 1.20 bits per heavy atom. The molecule has 0 N–H and O–H groups in total. The summed E-state index contributed by atoms with van der Waals surface area (Å²) in [4.78, 5) is 26.7. The fraction of sp³-hybridized carbons (Fsp3) is 0.300. The van der Waals surface area contributed by atoms with Crippen LogP contribution in [0.15, 0.2) is 53.0 Å². The topological polar surface area (TPSA) is 46.6 Å². The molecule has 3 rings (SSSR count). The van der Waals surface area contributed by atoms with Crippen molar-refractivity contribution in [3.8, 4) is 0 Å². The minimum atomic E-state index is -0.809. The zero-order valence-electron chi connectivity index (χ0n) is 14.2. The van der Waals surface area contributed by atoms with Crippen LogP contribution in [0.1, 0.15) is 25.0 Å². The second kappa shape index (κ2) is 7.40. The van der Waals surface area contributed by atoms with Crippen LogP contribution in [-0.4, -0.2) is 24.0 Å². The first-order valence-electron chi connectivity index (χ1n) is 8.30. The Bertz CT molecular complexity index is 788. The fourth-order valence-electron chi connectivity index (χ4n) is 3.16. The highest BCUT2D eigenvalue weighted by Gasteiger charge is 2.34. The molecule has 0 fully saturated rings. The van der Waals surface area contributed by atoms with Crippen molar-refractivity contribution in [2.24, 2.45) is 0 Å². The van der Waals surface area contributed by atoms with E-state index in [9.17, 15) is 9.59 Å². The van der Waals surface area contributed by atoms with E-state index in [1.165, 1.54) is 0 Å². The molecule has 0 aromatic heterocycles. The van der Waals surface area contributed by atoms with Crippen molar-refractivity contribution < 1.29 is 14.3 Å². The number of para-hydroxylation sites is 1. The molecule has 130 valence electrons. The predicted octanol–water partition coefficient (Wildman–Crippen LogP) is 3.90. The highest BCUT2D eigenvalue weighted by molar-refractivity contribution is 9.10. The van der Waals surface area contributed by atoms with E-state index in [-0.39, 0.29) is 18.4 Å². The molecule has 0 radical (unpaired) electrons. The predicted molar refractivity (Wildman–Crippen MR) is 100 cm³/mol. The van der Waals surface area contributed by atoms with Gasteiger partial charge in [-0.25, -0.2) is 0 Å². The van der Waals surface area contributed by atoms with Gasteiger partial charge in [0.1, 0.15) is 0 Å². The lowest BCUT2D eigenvalue weighted by molar-refractivity contribution is -0.153. The molecule has 1 aliphatic rings. The average Bonchev–Trinajstić information content (AvgIpc) is 2.91. The van der Waals surface area contributed by atoms with Gasteiger partial charge >= 0.3 is 5.97 Å².